The normalized spacial score (nSPS) is 12.2. The van der Waals surface area contributed by atoms with Crippen LogP contribution in [0.4, 0.5) is 0 Å². The molecule has 0 saturated heterocycles. The quantitative estimate of drug-likeness (QED) is 0.931. The number of halogens is 1. The van der Waals surface area contributed by atoms with Gasteiger partial charge in [0.25, 0.3) is 0 Å². The minimum Gasteiger partial charge on any atom is -0.455 e. The monoisotopic (exact) mass is 320 g/mol. The largest absolute Gasteiger partial charge is 0.455 e. The van der Waals surface area contributed by atoms with Crippen molar-refractivity contribution < 1.29 is 4.74 Å². The van der Waals surface area contributed by atoms with E-state index in [1.807, 2.05) is 26.0 Å². The summed E-state index contributed by atoms with van der Waals surface area (Å²) in [5.41, 5.74) is 8.13. The third kappa shape index (κ3) is 4.04. The van der Waals surface area contributed by atoms with E-state index in [1.165, 1.54) is 5.56 Å². The Morgan fingerprint density at radius 3 is 2.74 bits per heavy atom. The standard InChI is InChI=1S/C15H17BrN2O/c1-10-5-12(6-11(2)17)3-4-15(10)19-14-7-13(16)8-18-9-14/h3-5,7-9,11H,6,17H2,1-2H3. The molecule has 4 heteroatoms. The van der Waals surface area contributed by atoms with Crippen molar-refractivity contribution in [2.24, 2.45) is 5.73 Å². The lowest BCUT2D eigenvalue weighted by molar-refractivity contribution is 0.476. The van der Waals surface area contributed by atoms with Crippen LogP contribution in [0.15, 0.2) is 41.1 Å². The van der Waals surface area contributed by atoms with Gasteiger partial charge in [-0.25, -0.2) is 0 Å². The number of hydrogen-bond acceptors (Lipinski definition) is 3. The van der Waals surface area contributed by atoms with Gasteiger partial charge in [0.05, 0.1) is 6.20 Å². The highest BCUT2D eigenvalue weighted by Crippen LogP contribution is 2.27. The zero-order chi connectivity index (χ0) is 13.8. The Balaban J connectivity index is 2.17. The number of nitrogens with zero attached hydrogens (tertiary/aromatic N) is 1. The highest BCUT2D eigenvalue weighted by molar-refractivity contribution is 9.10. The van der Waals surface area contributed by atoms with Crippen LogP contribution in [0.1, 0.15) is 18.1 Å². The van der Waals surface area contributed by atoms with E-state index in [-0.39, 0.29) is 6.04 Å². The second-order valence-electron chi connectivity index (χ2n) is 4.72. The van der Waals surface area contributed by atoms with Gasteiger partial charge in [-0.15, -0.1) is 0 Å². The lowest BCUT2D eigenvalue weighted by Crippen LogP contribution is -2.17. The Bertz CT molecular complexity index is 570. The molecule has 1 heterocycles. The molecule has 0 saturated carbocycles. The van der Waals surface area contributed by atoms with Gasteiger partial charge in [0.15, 0.2) is 0 Å². The van der Waals surface area contributed by atoms with E-state index in [1.54, 1.807) is 12.4 Å². The summed E-state index contributed by atoms with van der Waals surface area (Å²) in [5, 5.41) is 0. The molecule has 100 valence electrons. The Morgan fingerprint density at radius 1 is 1.32 bits per heavy atom. The second kappa shape index (κ2) is 6.17. The number of aromatic nitrogens is 1. The number of ether oxygens (including phenoxy) is 1. The molecule has 19 heavy (non-hydrogen) atoms. The molecule has 2 N–H and O–H groups in total. The second-order valence-corrected chi connectivity index (χ2v) is 5.64. The van der Waals surface area contributed by atoms with E-state index < -0.39 is 0 Å². The Morgan fingerprint density at radius 2 is 2.11 bits per heavy atom. The molecule has 0 aliphatic carbocycles. The molecule has 2 rings (SSSR count). The smallest absolute Gasteiger partial charge is 0.146 e. The molecule has 0 spiro atoms. The number of pyridine rings is 1. The fraction of sp³-hybridized carbons (Fsp3) is 0.267. The topological polar surface area (TPSA) is 48.1 Å². The third-order valence-electron chi connectivity index (χ3n) is 2.70. The van der Waals surface area contributed by atoms with Gasteiger partial charge in [0.2, 0.25) is 0 Å². The van der Waals surface area contributed by atoms with E-state index >= 15 is 0 Å². The Labute approximate surface area is 121 Å². The first-order valence-corrected chi connectivity index (χ1v) is 6.97. The first-order chi connectivity index (χ1) is 9.04. The average molecular weight is 321 g/mol. The van der Waals surface area contributed by atoms with Crippen LogP contribution in [0.2, 0.25) is 0 Å². The van der Waals surface area contributed by atoms with E-state index in [0.717, 1.165) is 28.0 Å². The van der Waals surface area contributed by atoms with Gasteiger partial charge < -0.3 is 10.5 Å². The van der Waals surface area contributed by atoms with Gasteiger partial charge >= 0.3 is 0 Å². The van der Waals surface area contributed by atoms with Crippen LogP contribution in [-0.4, -0.2) is 11.0 Å². The summed E-state index contributed by atoms with van der Waals surface area (Å²) in [6.07, 6.45) is 4.30. The molecule has 1 aromatic heterocycles. The van der Waals surface area contributed by atoms with Gasteiger partial charge in [-0.3, -0.25) is 4.98 Å². The summed E-state index contributed by atoms with van der Waals surface area (Å²) >= 11 is 3.38. The SMILES string of the molecule is Cc1cc(CC(C)N)ccc1Oc1cncc(Br)c1. The van der Waals surface area contributed by atoms with E-state index in [2.05, 4.69) is 33.0 Å². The molecule has 0 aliphatic rings. The molecule has 0 aliphatic heterocycles. The fourth-order valence-electron chi connectivity index (χ4n) is 1.90. The van der Waals surface area contributed by atoms with Gasteiger partial charge in [-0.05, 0) is 59.5 Å². The molecule has 0 bridgehead atoms. The minimum atomic E-state index is 0.167. The molecule has 0 amide bonds. The summed E-state index contributed by atoms with van der Waals surface area (Å²) in [6, 6.07) is 8.21. The average Bonchev–Trinajstić information content (AvgIpc) is 2.32. The fourth-order valence-corrected chi connectivity index (χ4v) is 2.24. The van der Waals surface area contributed by atoms with Crippen LogP contribution in [0, 0.1) is 6.92 Å². The van der Waals surface area contributed by atoms with E-state index in [0.29, 0.717) is 0 Å². The number of hydrogen-bond donors (Lipinski definition) is 1. The van der Waals surface area contributed by atoms with Crippen molar-refractivity contribution in [2.75, 3.05) is 0 Å². The predicted molar refractivity (Wildman–Crippen MR) is 80.5 cm³/mol. The molecule has 2 aromatic rings. The van der Waals surface area contributed by atoms with Crippen molar-refractivity contribution in [3.05, 3.63) is 52.3 Å². The maximum Gasteiger partial charge on any atom is 0.146 e. The van der Waals surface area contributed by atoms with Crippen LogP contribution in [-0.2, 0) is 6.42 Å². The summed E-state index contributed by atoms with van der Waals surface area (Å²) in [5.74, 6) is 1.56. The van der Waals surface area contributed by atoms with Crippen molar-refractivity contribution in [3.8, 4) is 11.5 Å². The first kappa shape index (κ1) is 14.0. The molecule has 1 aromatic carbocycles. The van der Waals surface area contributed by atoms with Crippen LogP contribution >= 0.6 is 15.9 Å². The third-order valence-corrected chi connectivity index (χ3v) is 3.14. The number of nitrogens with two attached hydrogens (primary N) is 1. The van der Waals surface area contributed by atoms with E-state index in [9.17, 15) is 0 Å². The molecule has 0 fully saturated rings. The zero-order valence-electron chi connectivity index (χ0n) is 11.1. The molecular weight excluding hydrogens is 304 g/mol. The Hall–Kier alpha value is -1.39. The number of rotatable bonds is 4. The Kier molecular flexibility index (Phi) is 4.56. The summed E-state index contributed by atoms with van der Waals surface area (Å²) in [6.45, 7) is 4.04. The van der Waals surface area contributed by atoms with Gasteiger partial charge in [0, 0.05) is 16.7 Å². The van der Waals surface area contributed by atoms with E-state index in [4.69, 9.17) is 10.5 Å². The van der Waals surface area contributed by atoms with Gasteiger partial charge in [-0.1, -0.05) is 12.1 Å². The predicted octanol–water partition coefficient (Wildman–Crippen LogP) is 3.83. The lowest BCUT2D eigenvalue weighted by Gasteiger charge is -2.11. The zero-order valence-corrected chi connectivity index (χ0v) is 12.6. The van der Waals surface area contributed by atoms with Crippen LogP contribution in [0.5, 0.6) is 11.5 Å². The maximum atomic E-state index is 5.83. The van der Waals surface area contributed by atoms with Crippen molar-refractivity contribution >= 4 is 15.9 Å². The first-order valence-electron chi connectivity index (χ1n) is 6.18. The van der Waals surface area contributed by atoms with Gasteiger partial charge in [0.1, 0.15) is 11.5 Å². The molecule has 1 atom stereocenters. The van der Waals surface area contributed by atoms with Crippen LogP contribution < -0.4 is 10.5 Å². The van der Waals surface area contributed by atoms with Crippen molar-refractivity contribution in [1.82, 2.24) is 4.98 Å². The highest BCUT2D eigenvalue weighted by Gasteiger charge is 2.05. The summed E-state index contributed by atoms with van der Waals surface area (Å²) in [4.78, 5) is 4.08. The molecule has 0 radical (unpaired) electrons. The summed E-state index contributed by atoms with van der Waals surface area (Å²) < 4.78 is 6.73. The lowest BCUT2D eigenvalue weighted by atomic mass is 10.0. The van der Waals surface area contributed by atoms with Crippen molar-refractivity contribution in [1.29, 1.82) is 0 Å². The maximum absolute atomic E-state index is 5.83. The van der Waals surface area contributed by atoms with Crippen molar-refractivity contribution in [2.45, 2.75) is 26.3 Å². The molecule has 3 nitrogen and oxygen atoms in total. The highest BCUT2D eigenvalue weighted by atomic mass is 79.9. The molecular formula is C15H17BrN2O. The number of benzene rings is 1. The van der Waals surface area contributed by atoms with Crippen molar-refractivity contribution in [3.63, 3.8) is 0 Å². The summed E-state index contributed by atoms with van der Waals surface area (Å²) in [7, 11) is 0. The van der Waals surface area contributed by atoms with Crippen LogP contribution in [0.3, 0.4) is 0 Å². The number of aryl methyl sites for hydroxylation is 1. The minimum absolute atomic E-state index is 0.167. The van der Waals surface area contributed by atoms with Gasteiger partial charge in [-0.2, -0.15) is 0 Å². The molecule has 1 unspecified atom stereocenters. The van der Waals surface area contributed by atoms with Crippen LogP contribution in [0.25, 0.3) is 0 Å².